The maximum absolute atomic E-state index is 9.83. The van der Waals surface area contributed by atoms with Gasteiger partial charge in [-0.1, -0.05) is 0 Å². The fourth-order valence-corrected chi connectivity index (χ4v) is 0.605. The summed E-state index contributed by atoms with van der Waals surface area (Å²) in [4.78, 5) is 9.83. The Morgan fingerprint density at radius 1 is 1.40 bits per heavy atom. The first kappa shape index (κ1) is 14.7. The van der Waals surface area contributed by atoms with Gasteiger partial charge in [0.05, 0.1) is 3.41 Å². The molecule has 10 heavy (non-hydrogen) atoms. The third kappa shape index (κ3) is 12.8. The van der Waals surface area contributed by atoms with Crippen LogP contribution in [0.2, 0.25) is 0 Å². The van der Waals surface area contributed by atoms with Gasteiger partial charge in [0.25, 0.3) is 0 Å². The molecule has 0 N–H and O–H groups in total. The predicted octanol–water partition coefficient (Wildman–Crippen LogP) is -3.04. The van der Waals surface area contributed by atoms with Gasteiger partial charge in [-0.05, 0) is 12.8 Å². The van der Waals surface area contributed by atoms with Crippen molar-refractivity contribution in [2.45, 2.75) is 16.3 Å². The van der Waals surface area contributed by atoms with E-state index in [0.29, 0.717) is 0 Å². The van der Waals surface area contributed by atoms with Gasteiger partial charge < -0.3 is 9.90 Å². The average molecular weight is 222 g/mol. The molecule has 0 aromatic rings. The number of hydrogen-bond acceptors (Lipinski definition) is 5. The summed E-state index contributed by atoms with van der Waals surface area (Å²) in [5, 5.41) is 9.83. The normalized spacial score (nSPS) is 10.3. The molecule has 0 spiro atoms. The third-order valence-electron chi connectivity index (χ3n) is 0.665. The molecule has 0 saturated heterocycles. The Morgan fingerprint density at radius 3 is 1.90 bits per heavy atom. The van der Waals surface area contributed by atoms with Crippen molar-refractivity contribution in [1.29, 1.82) is 0 Å². The number of carboxylic acid groups (broad SMARTS) is 1. The average Bonchev–Trinajstić information content (AvgIpc) is 1.59. The molecular formula is C4H7KO2S3. The number of carbonyl (C=O) groups is 1. The predicted molar refractivity (Wildman–Crippen MR) is 43.9 cm³/mol. The van der Waals surface area contributed by atoms with Crippen LogP contribution < -0.4 is 56.5 Å². The monoisotopic (exact) mass is 222 g/mol. The Kier molecular flexibility index (Phi) is 9.75. The van der Waals surface area contributed by atoms with E-state index in [9.17, 15) is 9.90 Å². The molecule has 0 aliphatic rings. The van der Waals surface area contributed by atoms with Gasteiger partial charge >= 0.3 is 51.4 Å². The van der Waals surface area contributed by atoms with Crippen molar-refractivity contribution in [3.63, 3.8) is 0 Å². The van der Waals surface area contributed by atoms with Crippen LogP contribution in [0, 0.1) is 0 Å². The number of carboxylic acids is 1. The molecule has 0 saturated carbocycles. The Labute approximate surface area is 119 Å². The van der Waals surface area contributed by atoms with Crippen molar-refractivity contribution < 1.29 is 61.3 Å². The van der Waals surface area contributed by atoms with Gasteiger partial charge in [-0.15, -0.1) is 0 Å². The van der Waals surface area contributed by atoms with E-state index in [1.165, 1.54) is 0 Å². The van der Waals surface area contributed by atoms with Crippen LogP contribution in [0.25, 0.3) is 0 Å². The van der Waals surface area contributed by atoms with E-state index in [1.807, 2.05) is 0 Å². The molecule has 0 atom stereocenters. The van der Waals surface area contributed by atoms with Crippen molar-refractivity contribution in [1.82, 2.24) is 0 Å². The fourth-order valence-electron chi connectivity index (χ4n) is 0.270. The van der Waals surface area contributed by atoms with Gasteiger partial charge in [-0.3, -0.25) is 0 Å². The zero-order valence-corrected chi connectivity index (χ0v) is 11.4. The van der Waals surface area contributed by atoms with E-state index < -0.39 is 9.38 Å². The zero-order chi connectivity index (χ0) is 7.49. The van der Waals surface area contributed by atoms with Gasteiger partial charge in [-0.2, -0.15) is 37.9 Å². The van der Waals surface area contributed by atoms with Crippen LogP contribution in [-0.4, -0.2) is 9.38 Å². The van der Waals surface area contributed by atoms with E-state index in [4.69, 9.17) is 0 Å². The van der Waals surface area contributed by atoms with Gasteiger partial charge in [0.1, 0.15) is 0 Å². The molecule has 0 rings (SSSR count). The summed E-state index contributed by atoms with van der Waals surface area (Å²) in [5.41, 5.74) is 0. The topological polar surface area (TPSA) is 40.1 Å². The van der Waals surface area contributed by atoms with E-state index in [0.717, 1.165) is 0 Å². The van der Waals surface area contributed by atoms with Crippen LogP contribution in [0.3, 0.4) is 0 Å². The Balaban J connectivity index is 0. The first-order valence-corrected chi connectivity index (χ1v) is 3.63. The quantitative estimate of drug-likeness (QED) is 0.270. The molecule has 2 nitrogen and oxygen atoms in total. The van der Waals surface area contributed by atoms with Crippen LogP contribution in [0.4, 0.5) is 0 Å². The second kappa shape index (κ2) is 6.65. The molecule has 6 heteroatoms. The standard InChI is InChI=1S/C4H8O2S3.K/c5-3(6)1-2-4(7,8)9;/h7-9H,1-2H2,(H,5,6);/q;+1/p-1. The fraction of sp³-hybridized carbons (Fsp3) is 0.750. The van der Waals surface area contributed by atoms with E-state index in [-0.39, 0.29) is 64.2 Å². The number of hydrogen-bond donors (Lipinski definition) is 3. The maximum atomic E-state index is 9.83. The Morgan fingerprint density at radius 2 is 1.80 bits per heavy atom. The third-order valence-corrected chi connectivity index (χ3v) is 1.34. The van der Waals surface area contributed by atoms with Gasteiger partial charge in [0, 0.05) is 5.97 Å². The summed E-state index contributed by atoms with van der Waals surface area (Å²) in [6.07, 6.45) is 0.223. The van der Waals surface area contributed by atoms with Crippen LogP contribution in [0.1, 0.15) is 12.8 Å². The van der Waals surface area contributed by atoms with Crippen molar-refractivity contribution in [3.05, 3.63) is 0 Å². The van der Waals surface area contributed by atoms with Gasteiger partial charge in [0.15, 0.2) is 0 Å². The molecule has 0 radical (unpaired) electrons. The molecular weight excluding hydrogens is 215 g/mol. The van der Waals surface area contributed by atoms with Crippen LogP contribution in [0.5, 0.6) is 0 Å². The number of thiol groups is 3. The van der Waals surface area contributed by atoms with Crippen LogP contribution in [0.15, 0.2) is 0 Å². The number of carbonyl (C=O) groups excluding carboxylic acids is 1. The number of rotatable bonds is 3. The smallest absolute Gasteiger partial charge is 0.550 e. The number of aliphatic carboxylic acids is 1. The minimum absolute atomic E-state index is 0. The minimum Gasteiger partial charge on any atom is -0.550 e. The molecule has 0 aliphatic carbocycles. The molecule has 0 aromatic carbocycles. The van der Waals surface area contributed by atoms with E-state index in [2.05, 4.69) is 37.9 Å². The summed E-state index contributed by atoms with van der Waals surface area (Å²) in [5.74, 6) is -1.10. The van der Waals surface area contributed by atoms with Gasteiger partial charge in [-0.25, -0.2) is 0 Å². The molecule has 0 bridgehead atoms. The summed E-state index contributed by atoms with van der Waals surface area (Å²) in [6, 6.07) is 0. The molecule has 0 heterocycles. The first-order valence-electron chi connectivity index (χ1n) is 2.29. The minimum atomic E-state index is -1.10. The Bertz CT molecular complexity index is 112. The van der Waals surface area contributed by atoms with Crippen molar-refractivity contribution >= 4 is 43.9 Å². The summed E-state index contributed by atoms with van der Waals surface area (Å²) < 4.78 is -0.805. The second-order valence-electron chi connectivity index (χ2n) is 1.65. The zero-order valence-electron chi connectivity index (χ0n) is 5.57. The van der Waals surface area contributed by atoms with Crippen LogP contribution in [-0.2, 0) is 4.79 Å². The second-order valence-corrected chi connectivity index (χ2v) is 5.00. The summed E-state index contributed by atoms with van der Waals surface area (Å²) in [6.45, 7) is 0. The van der Waals surface area contributed by atoms with Gasteiger partial charge in [0.2, 0.25) is 0 Å². The molecule has 0 amide bonds. The molecule has 0 unspecified atom stereocenters. The molecule has 0 aliphatic heterocycles. The van der Waals surface area contributed by atoms with Crippen molar-refractivity contribution in [2.24, 2.45) is 0 Å². The maximum Gasteiger partial charge on any atom is 1.00 e. The van der Waals surface area contributed by atoms with E-state index in [1.54, 1.807) is 0 Å². The summed E-state index contributed by atoms with van der Waals surface area (Å²) in [7, 11) is 0. The van der Waals surface area contributed by atoms with Crippen LogP contribution >= 0.6 is 37.9 Å². The largest absolute Gasteiger partial charge is 1.00 e. The van der Waals surface area contributed by atoms with Crippen molar-refractivity contribution in [3.8, 4) is 0 Å². The molecule has 0 aromatic heterocycles. The first-order chi connectivity index (χ1) is 3.92. The van der Waals surface area contributed by atoms with Crippen molar-refractivity contribution in [2.75, 3.05) is 0 Å². The molecule has 0 fully saturated rings. The molecule has 54 valence electrons. The SMILES string of the molecule is O=C([O-])CCC(S)(S)S.[K+]. The Hall–Kier alpha value is 2.16. The summed E-state index contributed by atoms with van der Waals surface area (Å²) >= 11 is 11.6. The van der Waals surface area contributed by atoms with E-state index >= 15 is 0 Å².